The van der Waals surface area contributed by atoms with E-state index in [0.29, 0.717) is 5.95 Å². The minimum absolute atomic E-state index is 0.000463. The van der Waals surface area contributed by atoms with Gasteiger partial charge in [0.15, 0.2) is 5.16 Å². The maximum Gasteiger partial charge on any atom is 0.260 e. The van der Waals surface area contributed by atoms with E-state index in [9.17, 15) is 9.18 Å². The van der Waals surface area contributed by atoms with Crippen molar-refractivity contribution in [3.05, 3.63) is 35.6 Å². The first-order chi connectivity index (χ1) is 8.75. The molecule has 0 atom stereocenters. The van der Waals surface area contributed by atoms with E-state index >= 15 is 0 Å². The summed E-state index contributed by atoms with van der Waals surface area (Å²) in [6, 6.07) is 5.83. The van der Waals surface area contributed by atoms with Gasteiger partial charge in [-0.25, -0.2) is 4.39 Å². The number of aromatic nitrogens is 3. The first kappa shape index (κ1) is 11.2. The van der Waals surface area contributed by atoms with Crippen molar-refractivity contribution in [2.45, 2.75) is 11.7 Å². The Balaban J connectivity index is 1.85. The average molecular weight is 264 g/mol. The number of benzene rings is 1. The molecule has 1 N–H and O–H groups in total. The highest BCUT2D eigenvalue weighted by molar-refractivity contribution is 7.99. The summed E-state index contributed by atoms with van der Waals surface area (Å²) in [5.41, 5.74) is 0.000463. The number of thioether (sulfide) groups is 1. The number of fused-ring (bicyclic) bond motifs is 1. The zero-order chi connectivity index (χ0) is 12.5. The van der Waals surface area contributed by atoms with Crippen LogP contribution < -0.4 is 5.32 Å². The van der Waals surface area contributed by atoms with E-state index in [1.54, 1.807) is 17.8 Å². The molecule has 0 unspecified atom stereocenters. The normalized spacial score (nSPS) is 13.4. The molecule has 18 heavy (non-hydrogen) atoms. The summed E-state index contributed by atoms with van der Waals surface area (Å²) >= 11 is 1.58. The van der Waals surface area contributed by atoms with Crippen molar-refractivity contribution in [3.8, 4) is 0 Å². The summed E-state index contributed by atoms with van der Waals surface area (Å²) in [6.45, 7) is 0.750. The smallest absolute Gasteiger partial charge is 0.260 e. The molecule has 0 spiro atoms. The number of anilines is 1. The van der Waals surface area contributed by atoms with E-state index in [4.69, 9.17) is 0 Å². The van der Waals surface area contributed by atoms with Gasteiger partial charge in [0.1, 0.15) is 5.82 Å². The van der Waals surface area contributed by atoms with Gasteiger partial charge in [0.25, 0.3) is 5.91 Å². The SMILES string of the molecule is O=C(Nc1nnc2n1CCS2)c1ccccc1F. The first-order valence-electron chi connectivity index (χ1n) is 5.37. The number of amides is 1. The Morgan fingerprint density at radius 2 is 2.22 bits per heavy atom. The van der Waals surface area contributed by atoms with Crippen LogP contribution in [0.15, 0.2) is 29.4 Å². The van der Waals surface area contributed by atoms with Gasteiger partial charge in [-0.05, 0) is 12.1 Å². The van der Waals surface area contributed by atoms with Crippen LogP contribution in [0.2, 0.25) is 0 Å². The molecule has 2 heterocycles. The highest BCUT2D eigenvalue weighted by Crippen LogP contribution is 2.26. The van der Waals surface area contributed by atoms with Crippen LogP contribution in [0.25, 0.3) is 0 Å². The third-order valence-electron chi connectivity index (χ3n) is 2.61. The molecule has 7 heteroatoms. The van der Waals surface area contributed by atoms with Gasteiger partial charge in [-0.15, -0.1) is 10.2 Å². The molecule has 0 bridgehead atoms. The van der Waals surface area contributed by atoms with E-state index in [2.05, 4.69) is 15.5 Å². The summed E-state index contributed by atoms with van der Waals surface area (Å²) in [5, 5.41) is 11.2. The number of rotatable bonds is 2. The van der Waals surface area contributed by atoms with Crippen LogP contribution >= 0.6 is 11.8 Å². The Hall–Kier alpha value is -1.89. The highest BCUT2D eigenvalue weighted by atomic mass is 32.2. The van der Waals surface area contributed by atoms with E-state index in [-0.39, 0.29) is 5.56 Å². The van der Waals surface area contributed by atoms with Gasteiger partial charge < -0.3 is 0 Å². The lowest BCUT2D eigenvalue weighted by Gasteiger charge is -2.05. The maximum atomic E-state index is 13.4. The molecule has 92 valence electrons. The van der Waals surface area contributed by atoms with E-state index in [0.717, 1.165) is 17.5 Å². The third-order valence-corrected chi connectivity index (χ3v) is 3.55. The fraction of sp³-hybridized carbons (Fsp3) is 0.182. The summed E-state index contributed by atoms with van der Waals surface area (Å²) in [5.74, 6) is 0.210. The molecule has 0 saturated carbocycles. The van der Waals surface area contributed by atoms with Crippen LogP contribution in [0.4, 0.5) is 10.3 Å². The Labute approximate surface area is 106 Å². The Kier molecular flexibility index (Phi) is 2.75. The minimum Gasteiger partial charge on any atom is -0.290 e. The molecule has 5 nitrogen and oxygen atoms in total. The van der Waals surface area contributed by atoms with Crippen LogP contribution in [0.5, 0.6) is 0 Å². The molecule has 1 aromatic carbocycles. The van der Waals surface area contributed by atoms with Crippen molar-refractivity contribution >= 4 is 23.6 Å². The van der Waals surface area contributed by atoms with Gasteiger partial charge in [0, 0.05) is 12.3 Å². The maximum absolute atomic E-state index is 13.4. The second-order valence-electron chi connectivity index (χ2n) is 3.74. The lowest BCUT2D eigenvalue weighted by molar-refractivity contribution is 0.102. The van der Waals surface area contributed by atoms with Crippen LogP contribution in [-0.4, -0.2) is 26.4 Å². The summed E-state index contributed by atoms with van der Waals surface area (Å²) in [6.07, 6.45) is 0. The molecular weight excluding hydrogens is 255 g/mol. The number of halogens is 1. The van der Waals surface area contributed by atoms with Crippen molar-refractivity contribution in [1.29, 1.82) is 0 Å². The lowest BCUT2D eigenvalue weighted by atomic mass is 10.2. The van der Waals surface area contributed by atoms with E-state index < -0.39 is 11.7 Å². The molecule has 1 amide bonds. The number of hydrogen-bond donors (Lipinski definition) is 1. The zero-order valence-electron chi connectivity index (χ0n) is 9.26. The Bertz CT molecular complexity index is 613. The number of carbonyl (C=O) groups is 1. The molecule has 0 saturated heterocycles. The van der Waals surface area contributed by atoms with E-state index in [1.807, 2.05) is 4.57 Å². The number of nitrogens with zero attached hydrogens (tertiary/aromatic N) is 3. The summed E-state index contributed by atoms with van der Waals surface area (Å²) in [7, 11) is 0. The number of carbonyl (C=O) groups excluding carboxylic acids is 1. The quantitative estimate of drug-likeness (QED) is 0.898. The van der Waals surface area contributed by atoms with Crippen LogP contribution in [0, 0.1) is 5.82 Å². The van der Waals surface area contributed by atoms with Crippen molar-refractivity contribution in [2.24, 2.45) is 0 Å². The van der Waals surface area contributed by atoms with Crippen LogP contribution in [0.3, 0.4) is 0 Å². The van der Waals surface area contributed by atoms with Crippen molar-refractivity contribution in [3.63, 3.8) is 0 Å². The van der Waals surface area contributed by atoms with Gasteiger partial charge in [-0.1, -0.05) is 23.9 Å². The van der Waals surface area contributed by atoms with Crippen molar-refractivity contribution in [1.82, 2.24) is 14.8 Å². The molecule has 3 rings (SSSR count). The Morgan fingerprint density at radius 1 is 1.39 bits per heavy atom. The van der Waals surface area contributed by atoms with Gasteiger partial charge in [-0.2, -0.15) is 0 Å². The second kappa shape index (κ2) is 4.41. The zero-order valence-corrected chi connectivity index (χ0v) is 10.1. The standard InChI is InChI=1S/C11H9FN4OS/c12-8-4-2-1-3-7(8)9(17)13-10-14-15-11-16(10)5-6-18-11/h1-4H,5-6H2,(H,13,14,17). The van der Waals surface area contributed by atoms with Gasteiger partial charge in [0.05, 0.1) is 5.56 Å². The Morgan fingerprint density at radius 3 is 3.06 bits per heavy atom. The average Bonchev–Trinajstić information content (AvgIpc) is 2.94. The molecule has 1 aliphatic heterocycles. The van der Waals surface area contributed by atoms with Crippen LogP contribution in [0.1, 0.15) is 10.4 Å². The van der Waals surface area contributed by atoms with Crippen molar-refractivity contribution < 1.29 is 9.18 Å². The molecule has 0 fully saturated rings. The fourth-order valence-electron chi connectivity index (χ4n) is 1.73. The lowest BCUT2D eigenvalue weighted by Crippen LogP contribution is -2.17. The summed E-state index contributed by atoms with van der Waals surface area (Å²) in [4.78, 5) is 11.9. The largest absolute Gasteiger partial charge is 0.290 e. The van der Waals surface area contributed by atoms with E-state index in [1.165, 1.54) is 18.2 Å². The molecular formula is C11H9FN4OS. The third kappa shape index (κ3) is 1.86. The molecule has 1 aliphatic rings. The van der Waals surface area contributed by atoms with Gasteiger partial charge in [0.2, 0.25) is 5.95 Å². The minimum atomic E-state index is -0.550. The highest BCUT2D eigenvalue weighted by Gasteiger charge is 2.20. The fourth-order valence-corrected chi connectivity index (χ4v) is 2.62. The number of hydrogen-bond acceptors (Lipinski definition) is 4. The predicted octanol–water partition coefficient (Wildman–Crippen LogP) is 1.78. The molecule has 0 radical (unpaired) electrons. The molecule has 2 aromatic rings. The summed E-state index contributed by atoms with van der Waals surface area (Å²) < 4.78 is 15.2. The first-order valence-corrected chi connectivity index (χ1v) is 6.36. The van der Waals surface area contributed by atoms with Crippen LogP contribution in [-0.2, 0) is 6.54 Å². The van der Waals surface area contributed by atoms with Crippen molar-refractivity contribution in [2.75, 3.05) is 11.1 Å². The monoisotopic (exact) mass is 264 g/mol. The number of nitrogens with one attached hydrogen (secondary N) is 1. The van der Waals surface area contributed by atoms with Gasteiger partial charge >= 0.3 is 0 Å². The second-order valence-corrected chi connectivity index (χ2v) is 4.80. The topological polar surface area (TPSA) is 59.8 Å². The molecule has 1 aromatic heterocycles. The van der Waals surface area contributed by atoms with Gasteiger partial charge in [-0.3, -0.25) is 14.7 Å². The predicted molar refractivity (Wildman–Crippen MR) is 65.1 cm³/mol. The molecule has 0 aliphatic carbocycles.